The zero-order chi connectivity index (χ0) is 18.8. The van der Waals surface area contributed by atoms with Crippen molar-refractivity contribution >= 4 is 49.4 Å². The Hall–Kier alpha value is -0.900. The zero-order valence-corrected chi connectivity index (χ0v) is 17.4. The first-order chi connectivity index (χ1) is 12.5. The summed E-state index contributed by atoms with van der Waals surface area (Å²) in [7, 11) is 0.773. The second-order valence-corrected chi connectivity index (χ2v) is 10.3. The Morgan fingerprint density at radius 3 is 2.77 bits per heavy atom. The Kier molecular flexibility index (Phi) is 6.42. The monoisotopic (exact) mass is 413 g/mol. The number of hydrogen-bond donors (Lipinski definition) is 0. The second-order valence-electron chi connectivity index (χ2n) is 6.46. The SMILES string of the molecule is CCPC(CC)Sc1cc(N2C(=O)C3C=CCCC3C2=O)c(F)cc1Cl. The molecule has 7 heteroatoms. The van der Waals surface area contributed by atoms with E-state index >= 15 is 0 Å². The van der Waals surface area contributed by atoms with Crippen LogP contribution in [0.15, 0.2) is 29.2 Å². The lowest BCUT2D eigenvalue weighted by Crippen LogP contribution is -2.31. The molecule has 0 aromatic heterocycles. The van der Waals surface area contributed by atoms with Crippen molar-refractivity contribution in [2.24, 2.45) is 11.8 Å². The molecule has 1 fully saturated rings. The number of fused-ring (bicyclic) bond motifs is 1. The predicted molar refractivity (Wildman–Crippen MR) is 108 cm³/mol. The number of carbonyl (C=O) groups is 2. The van der Waals surface area contributed by atoms with E-state index in [0.29, 0.717) is 16.4 Å². The lowest BCUT2D eigenvalue weighted by atomic mass is 9.86. The number of halogens is 2. The van der Waals surface area contributed by atoms with E-state index in [4.69, 9.17) is 11.6 Å². The van der Waals surface area contributed by atoms with Crippen molar-refractivity contribution in [3.63, 3.8) is 0 Å². The number of nitrogens with zero attached hydrogens (tertiary/aromatic N) is 1. The van der Waals surface area contributed by atoms with Gasteiger partial charge in [-0.25, -0.2) is 9.29 Å². The summed E-state index contributed by atoms with van der Waals surface area (Å²) in [6, 6.07) is 2.79. The van der Waals surface area contributed by atoms with Gasteiger partial charge in [-0.3, -0.25) is 9.59 Å². The van der Waals surface area contributed by atoms with Gasteiger partial charge in [-0.15, -0.1) is 20.3 Å². The fraction of sp³-hybridized carbons (Fsp3) is 0.474. The molecule has 4 unspecified atom stereocenters. The van der Waals surface area contributed by atoms with E-state index in [1.54, 1.807) is 23.9 Å². The Morgan fingerprint density at radius 1 is 1.35 bits per heavy atom. The number of rotatable bonds is 6. The fourth-order valence-electron chi connectivity index (χ4n) is 3.46. The average Bonchev–Trinajstić information content (AvgIpc) is 2.88. The van der Waals surface area contributed by atoms with E-state index in [0.717, 1.165) is 37.4 Å². The molecule has 26 heavy (non-hydrogen) atoms. The average molecular weight is 414 g/mol. The molecule has 140 valence electrons. The van der Waals surface area contributed by atoms with E-state index in [2.05, 4.69) is 13.8 Å². The summed E-state index contributed by atoms with van der Waals surface area (Å²) < 4.78 is 14.6. The summed E-state index contributed by atoms with van der Waals surface area (Å²) in [5.74, 6) is -2.11. The highest BCUT2D eigenvalue weighted by Gasteiger charge is 2.48. The van der Waals surface area contributed by atoms with Gasteiger partial charge in [-0.1, -0.05) is 37.6 Å². The maximum absolute atomic E-state index is 14.6. The molecular formula is C19H22ClFNO2PS. The van der Waals surface area contributed by atoms with Crippen LogP contribution in [-0.2, 0) is 9.59 Å². The van der Waals surface area contributed by atoms with Crippen LogP contribution in [0.1, 0.15) is 33.1 Å². The minimum atomic E-state index is -0.630. The Balaban J connectivity index is 1.95. The molecule has 2 amide bonds. The fourth-order valence-corrected chi connectivity index (χ4v) is 6.52. The molecule has 0 saturated carbocycles. The van der Waals surface area contributed by atoms with Crippen molar-refractivity contribution in [3.8, 4) is 0 Å². The van der Waals surface area contributed by atoms with E-state index in [1.807, 2.05) is 6.08 Å². The number of thioether (sulfide) groups is 1. The van der Waals surface area contributed by atoms with Gasteiger partial charge in [0.2, 0.25) is 11.8 Å². The van der Waals surface area contributed by atoms with Crippen molar-refractivity contribution in [2.75, 3.05) is 11.1 Å². The highest BCUT2D eigenvalue weighted by Crippen LogP contribution is 2.44. The van der Waals surface area contributed by atoms with Gasteiger partial charge in [0.1, 0.15) is 5.82 Å². The molecule has 1 aromatic rings. The van der Waals surface area contributed by atoms with Crippen molar-refractivity contribution in [1.29, 1.82) is 0 Å². The third kappa shape index (κ3) is 3.72. The molecule has 4 atom stereocenters. The van der Waals surface area contributed by atoms with Crippen LogP contribution in [0.2, 0.25) is 5.02 Å². The molecule has 0 bridgehead atoms. The third-order valence-electron chi connectivity index (χ3n) is 4.78. The standard InChI is InChI=1S/C19H22ClFNO2PS/c1-3-17(25-4-2)26-16-10-15(14(21)9-13(16)20)22-18(23)11-7-5-6-8-12(11)19(22)24/h5,7,9-12,17,25H,3-4,6,8H2,1-2H3. The van der Waals surface area contributed by atoms with Crippen LogP contribution in [0.3, 0.4) is 0 Å². The largest absolute Gasteiger partial charge is 0.274 e. The van der Waals surface area contributed by atoms with Crippen LogP contribution in [0, 0.1) is 17.7 Å². The molecule has 0 radical (unpaired) electrons. The van der Waals surface area contributed by atoms with E-state index in [-0.39, 0.29) is 23.4 Å². The van der Waals surface area contributed by atoms with Crippen LogP contribution in [-0.4, -0.2) is 23.0 Å². The number of amides is 2. The summed E-state index contributed by atoms with van der Waals surface area (Å²) in [6.07, 6.45) is 7.18. The lowest BCUT2D eigenvalue weighted by Gasteiger charge is -2.19. The van der Waals surface area contributed by atoms with Gasteiger partial charge in [-0.2, -0.15) is 0 Å². The Bertz CT molecular complexity index is 757. The number of imide groups is 1. The number of hydrogen-bond acceptors (Lipinski definition) is 3. The topological polar surface area (TPSA) is 37.4 Å². The summed E-state index contributed by atoms with van der Waals surface area (Å²) in [5, 5.41) is 0.326. The van der Waals surface area contributed by atoms with Gasteiger partial charge in [0.25, 0.3) is 0 Å². The molecule has 1 heterocycles. The van der Waals surface area contributed by atoms with Crippen LogP contribution in [0.25, 0.3) is 0 Å². The maximum atomic E-state index is 14.6. The van der Waals surface area contributed by atoms with Crippen molar-refractivity contribution < 1.29 is 14.0 Å². The minimum Gasteiger partial charge on any atom is -0.274 e. The number of anilines is 1. The van der Waals surface area contributed by atoms with Crippen LogP contribution in [0.4, 0.5) is 10.1 Å². The van der Waals surface area contributed by atoms with Gasteiger partial charge in [-0.05, 0) is 37.6 Å². The first kappa shape index (κ1) is 19.9. The van der Waals surface area contributed by atoms with Gasteiger partial charge >= 0.3 is 0 Å². The Morgan fingerprint density at radius 2 is 2.12 bits per heavy atom. The molecule has 2 aliphatic rings. The molecule has 1 aliphatic carbocycles. The first-order valence-corrected chi connectivity index (χ1v) is 11.5. The summed E-state index contributed by atoms with van der Waals surface area (Å²) in [5.41, 5.74) is 0.0318. The van der Waals surface area contributed by atoms with Gasteiger partial charge in [0.15, 0.2) is 0 Å². The van der Waals surface area contributed by atoms with E-state index in [1.165, 1.54) is 6.07 Å². The van der Waals surface area contributed by atoms with Gasteiger partial charge in [0.05, 0.1) is 22.5 Å². The smallest absolute Gasteiger partial charge is 0.241 e. The van der Waals surface area contributed by atoms with Crippen LogP contribution >= 0.6 is 31.9 Å². The normalized spacial score (nSPS) is 23.9. The van der Waals surface area contributed by atoms with E-state index < -0.39 is 11.7 Å². The Labute approximate surface area is 164 Å². The van der Waals surface area contributed by atoms with Crippen LogP contribution < -0.4 is 4.90 Å². The summed E-state index contributed by atoms with van der Waals surface area (Å²) >= 11 is 7.85. The van der Waals surface area contributed by atoms with Crippen molar-refractivity contribution in [3.05, 3.63) is 35.1 Å². The highest BCUT2D eigenvalue weighted by atomic mass is 35.5. The maximum Gasteiger partial charge on any atom is 0.241 e. The minimum absolute atomic E-state index is 0.0318. The molecule has 1 aliphatic heterocycles. The quantitative estimate of drug-likeness (QED) is 0.269. The van der Waals surface area contributed by atoms with Crippen LogP contribution in [0.5, 0.6) is 0 Å². The van der Waals surface area contributed by atoms with Crippen molar-refractivity contribution in [1.82, 2.24) is 0 Å². The van der Waals surface area contributed by atoms with E-state index in [9.17, 15) is 14.0 Å². The summed E-state index contributed by atoms with van der Waals surface area (Å²) in [6.45, 7) is 4.25. The number of benzene rings is 1. The highest BCUT2D eigenvalue weighted by molar-refractivity contribution is 8.04. The number of carbonyl (C=O) groups excluding carboxylic acids is 2. The third-order valence-corrected chi connectivity index (χ3v) is 8.54. The molecule has 3 rings (SSSR count). The molecule has 0 spiro atoms. The predicted octanol–water partition coefficient (Wildman–Crippen LogP) is 5.46. The molecule has 1 saturated heterocycles. The van der Waals surface area contributed by atoms with Crippen molar-refractivity contribution in [2.45, 2.75) is 43.0 Å². The molecule has 0 N–H and O–H groups in total. The molecule has 1 aromatic carbocycles. The molecular weight excluding hydrogens is 392 g/mol. The lowest BCUT2D eigenvalue weighted by molar-refractivity contribution is -0.122. The molecule has 3 nitrogen and oxygen atoms in total. The zero-order valence-electron chi connectivity index (χ0n) is 14.8. The van der Waals surface area contributed by atoms with Gasteiger partial charge < -0.3 is 0 Å². The summed E-state index contributed by atoms with van der Waals surface area (Å²) in [4.78, 5) is 27.6. The second kappa shape index (κ2) is 8.41. The number of allylic oxidation sites excluding steroid dienone is 1. The first-order valence-electron chi connectivity index (χ1n) is 8.91. The van der Waals surface area contributed by atoms with Gasteiger partial charge in [0, 0.05) is 9.89 Å².